The zero-order chi connectivity index (χ0) is 6.12. The van der Waals surface area contributed by atoms with Gasteiger partial charge < -0.3 is 9.47 Å². The van der Waals surface area contributed by atoms with Gasteiger partial charge in [0.15, 0.2) is 0 Å². The van der Waals surface area contributed by atoms with Crippen molar-refractivity contribution < 1.29 is 18.6 Å². The third-order valence-corrected chi connectivity index (χ3v) is 0.236. The molecule has 0 rings (SSSR count). The molecule has 7 heavy (non-hydrogen) atoms. The van der Waals surface area contributed by atoms with Crippen LogP contribution < -0.4 is 0 Å². The molecular formula is C3H8F2O2. The smallest absolute Gasteiger partial charge is 0.145 e. The number of methoxy groups -OCH3 is 2. The molecule has 0 amide bonds. The number of rotatable bonds is 2. The number of halogens is 2. The summed E-state index contributed by atoms with van der Waals surface area (Å²) in [7, 11) is 3.17. The molecule has 0 fully saturated rings. The fourth-order valence-electron chi connectivity index (χ4n) is 0.118. The van der Waals surface area contributed by atoms with Crippen LogP contribution >= 0.6 is 0 Å². The minimum absolute atomic E-state index is 0.389. The molecule has 0 aliphatic rings. The summed E-state index contributed by atoms with van der Waals surface area (Å²) in [5.41, 5.74) is 0. The van der Waals surface area contributed by atoms with E-state index in [1.54, 1.807) is 14.2 Å². The first-order valence-corrected chi connectivity index (χ1v) is 1.54. The van der Waals surface area contributed by atoms with Crippen LogP contribution in [0.15, 0.2) is 0 Å². The van der Waals surface area contributed by atoms with Gasteiger partial charge in [0.2, 0.25) is 0 Å². The zero-order valence-electron chi connectivity index (χ0n) is 4.28. The van der Waals surface area contributed by atoms with Crippen LogP contribution in [-0.4, -0.2) is 21.0 Å². The standard InChI is InChI=1S/C3H8O2.F2/c1-4-3-5-2;1-2/h3H2,1-2H3;. The van der Waals surface area contributed by atoms with Crippen LogP contribution in [0.3, 0.4) is 0 Å². The van der Waals surface area contributed by atoms with Crippen LogP contribution in [-0.2, 0) is 9.47 Å². The van der Waals surface area contributed by atoms with Gasteiger partial charge in [-0.05, 0) is 0 Å². The van der Waals surface area contributed by atoms with E-state index in [4.69, 9.17) is 9.15 Å². The Morgan fingerprint density at radius 3 is 1.43 bits per heavy atom. The van der Waals surface area contributed by atoms with E-state index in [1.807, 2.05) is 0 Å². The Morgan fingerprint density at radius 2 is 1.43 bits per heavy atom. The van der Waals surface area contributed by atoms with E-state index >= 15 is 0 Å². The van der Waals surface area contributed by atoms with Crippen LogP contribution in [0.4, 0.5) is 9.15 Å². The van der Waals surface area contributed by atoms with Gasteiger partial charge in [0.1, 0.15) is 6.79 Å². The molecule has 0 heterocycles. The predicted molar refractivity (Wildman–Crippen MR) is 21.1 cm³/mol. The summed E-state index contributed by atoms with van der Waals surface area (Å²) < 4.78 is 24.9. The van der Waals surface area contributed by atoms with Gasteiger partial charge in [-0.15, -0.1) is 0 Å². The largest absolute Gasteiger partial charge is 0.359 e. The van der Waals surface area contributed by atoms with E-state index in [9.17, 15) is 0 Å². The first kappa shape index (κ1) is 9.91. The molecule has 46 valence electrons. The summed E-state index contributed by atoms with van der Waals surface area (Å²) in [5.74, 6) is 0. The highest BCUT2D eigenvalue weighted by Crippen LogP contribution is 1.60. The van der Waals surface area contributed by atoms with E-state index in [0.29, 0.717) is 6.79 Å². The van der Waals surface area contributed by atoms with E-state index in [0.717, 1.165) is 0 Å². The second-order valence-electron chi connectivity index (χ2n) is 0.695. The molecule has 0 N–H and O–H groups in total. The number of hydrogen-bond donors (Lipinski definition) is 0. The Bertz CT molecular complexity index is 18.4. The van der Waals surface area contributed by atoms with Crippen LogP contribution in [0, 0.1) is 0 Å². The zero-order valence-corrected chi connectivity index (χ0v) is 4.28. The molecule has 0 radical (unpaired) electrons. The molecule has 4 heteroatoms. The molecule has 0 aromatic heterocycles. The first-order chi connectivity index (χ1) is 3.41. The maximum absolute atomic E-state index is 8.00. The lowest BCUT2D eigenvalue weighted by Crippen LogP contribution is -1.87. The van der Waals surface area contributed by atoms with Crippen molar-refractivity contribution >= 4 is 0 Å². The molecule has 0 unspecified atom stereocenters. The minimum Gasteiger partial charge on any atom is -0.359 e. The Balaban J connectivity index is 0. The second-order valence-corrected chi connectivity index (χ2v) is 0.695. The van der Waals surface area contributed by atoms with E-state index in [1.165, 1.54) is 0 Å². The van der Waals surface area contributed by atoms with Gasteiger partial charge in [0, 0.05) is 23.4 Å². The molecule has 2 nitrogen and oxygen atoms in total. The predicted octanol–water partition coefficient (Wildman–Crippen LogP) is 1.08. The van der Waals surface area contributed by atoms with E-state index in [-0.39, 0.29) is 0 Å². The van der Waals surface area contributed by atoms with Gasteiger partial charge in [-0.2, -0.15) is 0 Å². The Morgan fingerprint density at radius 1 is 1.14 bits per heavy atom. The molecule has 0 aliphatic heterocycles. The molecule has 0 saturated carbocycles. The van der Waals surface area contributed by atoms with Crippen LogP contribution in [0.5, 0.6) is 0 Å². The van der Waals surface area contributed by atoms with Crippen LogP contribution in [0.25, 0.3) is 0 Å². The maximum atomic E-state index is 8.00. The van der Waals surface area contributed by atoms with Gasteiger partial charge in [-0.25, -0.2) is 0 Å². The molecule has 0 atom stereocenters. The molecule has 0 aliphatic carbocycles. The van der Waals surface area contributed by atoms with E-state index < -0.39 is 0 Å². The molecular weight excluding hydrogens is 106 g/mol. The van der Waals surface area contributed by atoms with Gasteiger partial charge in [-0.3, -0.25) is 0 Å². The Kier molecular flexibility index (Phi) is 24.2. The Hall–Kier alpha value is -0.220. The summed E-state index contributed by atoms with van der Waals surface area (Å²) in [6, 6.07) is 0. The lowest BCUT2D eigenvalue weighted by molar-refractivity contribution is -0.00271. The molecule has 0 aromatic rings. The fourth-order valence-corrected chi connectivity index (χ4v) is 0.118. The summed E-state index contributed by atoms with van der Waals surface area (Å²) in [6.45, 7) is 0.389. The van der Waals surface area contributed by atoms with Gasteiger partial charge in [-0.1, -0.05) is 0 Å². The van der Waals surface area contributed by atoms with E-state index in [2.05, 4.69) is 9.47 Å². The monoisotopic (exact) mass is 114 g/mol. The average Bonchev–Trinajstić information content (AvgIpc) is 1.75. The first-order valence-electron chi connectivity index (χ1n) is 1.54. The molecule has 0 saturated heterocycles. The van der Waals surface area contributed by atoms with Crippen molar-refractivity contribution in [1.29, 1.82) is 0 Å². The maximum Gasteiger partial charge on any atom is 0.145 e. The lowest BCUT2D eigenvalue weighted by Gasteiger charge is -1.87. The minimum atomic E-state index is 0.389. The highest BCUT2D eigenvalue weighted by atomic mass is 20.0. The van der Waals surface area contributed by atoms with Crippen molar-refractivity contribution in [2.45, 2.75) is 0 Å². The normalized spacial score (nSPS) is 6.86. The third kappa shape index (κ3) is 26.1. The molecule has 0 bridgehead atoms. The van der Waals surface area contributed by atoms with Gasteiger partial charge in [0.25, 0.3) is 0 Å². The summed E-state index contributed by atoms with van der Waals surface area (Å²) in [6.07, 6.45) is 0. The van der Waals surface area contributed by atoms with Gasteiger partial charge in [0.05, 0.1) is 0 Å². The third-order valence-electron chi connectivity index (χ3n) is 0.236. The van der Waals surface area contributed by atoms with Crippen LogP contribution in [0.1, 0.15) is 0 Å². The molecule has 0 aromatic carbocycles. The van der Waals surface area contributed by atoms with Crippen molar-refractivity contribution in [2.24, 2.45) is 0 Å². The van der Waals surface area contributed by atoms with Crippen molar-refractivity contribution in [3.8, 4) is 0 Å². The van der Waals surface area contributed by atoms with Crippen molar-refractivity contribution in [3.63, 3.8) is 0 Å². The summed E-state index contributed by atoms with van der Waals surface area (Å²) >= 11 is 0. The number of ether oxygens (including phenoxy) is 2. The van der Waals surface area contributed by atoms with Crippen molar-refractivity contribution in [2.75, 3.05) is 21.0 Å². The second kappa shape index (κ2) is 17.1. The SMILES string of the molecule is COCOC.FF. The topological polar surface area (TPSA) is 18.5 Å². The highest BCUT2D eigenvalue weighted by Gasteiger charge is 1.63. The quantitative estimate of drug-likeness (QED) is 0.500. The lowest BCUT2D eigenvalue weighted by atomic mass is 11.4. The summed E-state index contributed by atoms with van der Waals surface area (Å²) in [5, 5.41) is 0. The highest BCUT2D eigenvalue weighted by molar-refractivity contribution is 3.84. The average molecular weight is 114 g/mol. The summed E-state index contributed by atoms with van der Waals surface area (Å²) in [4.78, 5) is 0. The van der Waals surface area contributed by atoms with Crippen LogP contribution in [0.2, 0.25) is 0 Å². The number of hydrogen-bond acceptors (Lipinski definition) is 2. The fraction of sp³-hybridized carbons (Fsp3) is 1.00. The van der Waals surface area contributed by atoms with Gasteiger partial charge >= 0.3 is 0 Å². The van der Waals surface area contributed by atoms with Crippen molar-refractivity contribution in [3.05, 3.63) is 0 Å². The van der Waals surface area contributed by atoms with Crippen molar-refractivity contribution in [1.82, 2.24) is 0 Å². The molecule has 0 spiro atoms. The Labute approximate surface area is 40.9 Å².